The van der Waals surface area contributed by atoms with E-state index in [-0.39, 0.29) is 23.1 Å². The molecule has 0 bridgehead atoms. The van der Waals surface area contributed by atoms with Gasteiger partial charge in [0.2, 0.25) is 5.89 Å². The van der Waals surface area contributed by atoms with Crippen LogP contribution in [-0.4, -0.2) is 20.0 Å². The zero-order chi connectivity index (χ0) is 18.6. The van der Waals surface area contributed by atoms with E-state index in [0.29, 0.717) is 23.5 Å². The highest BCUT2D eigenvalue weighted by Crippen LogP contribution is 2.24. The first kappa shape index (κ1) is 18.1. The SMILES string of the molecule is CCOc1ccccc1CS(=O)(=O)Cc1coc(-c2cccc(F)c2)n1. The van der Waals surface area contributed by atoms with Crippen molar-refractivity contribution in [2.75, 3.05) is 6.61 Å². The summed E-state index contributed by atoms with van der Waals surface area (Å²) >= 11 is 0. The summed E-state index contributed by atoms with van der Waals surface area (Å²) in [6.45, 7) is 2.30. The van der Waals surface area contributed by atoms with E-state index < -0.39 is 15.7 Å². The van der Waals surface area contributed by atoms with Crippen LogP contribution in [0.2, 0.25) is 0 Å². The lowest BCUT2D eigenvalue weighted by Crippen LogP contribution is -2.09. The molecule has 2 aromatic carbocycles. The number of ether oxygens (including phenoxy) is 1. The van der Waals surface area contributed by atoms with Crippen LogP contribution < -0.4 is 4.74 Å². The van der Waals surface area contributed by atoms with Gasteiger partial charge in [-0.05, 0) is 31.2 Å². The molecule has 0 aliphatic rings. The molecule has 0 amide bonds. The summed E-state index contributed by atoms with van der Waals surface area (Å²) in [5.41, 5.74) is 1.33. The number of benzene rings is 2. The van der Waals surface area contributed by atoms with E-state index in [0.717, 1.165) is 0 Å². The minimum atomic E-state index is -3.48. The number of rotatable bonds is 7. The van der Waals surface area contributed by atoms with Crippen molar-refractivity contribution in [1.82, 2.24) is 4.98 Å². The fourth-order valence-corrected chi connectivity index (χ4v) is 3.96. The molecule has 0 unspecified atom stereocenters. The lowest BCUT2D eigenvalue weighted by molar-refractivity contribution is 0.337. The maximum absolute atomic E-state index is 13.3. The van der Waals surface area contributed by atoms with E-state index in [1.54, 1.807) is 30.3 Å². The molecule has 0 saturated heterocycles. The van der Waals surface area contributed by atoms with Gasteiger partial charge in [0.1, 0.15) is 17.8 Å². The molecule has 0 aliphatic carbocycles. The van der Waals surface area contributed by atoms with E-state index in [2.05, 4.69) is 4.98 Å². The van der Waals surface area contributed by atoms with Crippen LogP contribution in [0, 0.1) is 5.82 Å². The lowest BCUT2D eigenvalue weighted by Gasteiger charge is -2.09. The van der Waals surface area contributed by atoms with Crippen molar-refractivity contribution in [1.29, 1.82) is 0 Å². The van der Waals surface area contributed by atoms with Crippen molar-refractivity contribution in [3.8, 4) is 17.2 Å². The molecule has 3 aromatic rings. The standard InChI is InChI=1S/C19H18FNO4S/c1-2-24-18-9-4-3-6-15(18)12-26(22,23)13-17-11-25-19(21-17)14-7-5-8-16(20)10-14/h3-11H,2,12-13H2,1H3. The number of oxazole rings is 1. The fraction of sp³-hybridized carbons (Fsp3) is 0.211. The van der Waals surface area contributed by atoms with Gasteiger partial charge in [-0.1, -0.05) is 24.3 Å². The van der Waals surface area contributed by atoms with Crippen molar-refractivity contribution >= 4 is 9.84 Å². The highest BCUT2D eigenvalue weighted by Gasteiger charge is 2.19. The Hall–Kier alpha value is -2.67. The van der Waals surface area contributed by atoms with Crippen molar-refractivity contribution in [3.05, 3.63) is 71.9 Å². The van der Waals surface area contributed by atoms with E-state index in [1.807, 2.05) is 6.92 Å². The number of nitrogens with zero attached hydrogens (tertiary/aromatic N) is 1. The van der Waals surface area contributed by atoms with Crippen LogP contribution in [-0.2, 0) is 21.3 Å². The Morgan fingerprint density at radius 3 is 2.69 bits per heavy atom. The van der Waals surface area contributed by atoms with E-state index in [9.17, 15) is 12.8 Å². The van der Waals surface area contributed by atoms with Gasteiger partial charge in [-0.2, -0.15) is 0 Å². The average Bonchev–Trinajstić information content (AvgIpc) is 3.04. The lowest BCUT2D eigenvalue weighted by atomic mass is 10.2. The number of halogens is 1. The van der Waals surface area contributed by atoms with Gasteiger partial charge >= 0.3 is 0 Å². The fourth-order valence-electron chi connectivity index (χ4n) is 2.56. The zero-order valence-corrected chi connectivity index (χ0v) is 15.0. The molecular weight excluding hydrogens is 357 g/mol. The second kappa shape index (κ2) is 7.70. The Morgan fingerprint density at radius 2 is 1.92 bits per heavy atom. The Labute approximate surface area is 151 Å². The molecular formula is C19H18FNO4S. The third kappa shape index (κ3) is 4.49. The Bertz CT molecular complexity index is 998. The first-order chi connectivity index (χ1) is 12.5. The molecule has 0 aliphatic heterocycles. The summed E-state index contributed by atoms with van der Waals surface area (Å²) in [5, 5.41) is 0. The van der Waals surface area contributed by atoms with Crippen LogP contribution in [0.4, 0.5) is 4.39 Å². The average molecular weight is 375 g/mol. The molecule has 0 spiro atoms. The van der Waals surface area contributed by atoms with Crippen molar-refractivity contribution in [2.45, 2.75) is 18.4 Å². The monoisotopic (exact) mass is 375 g/mol. The summed E-state index contributed by atoms with van der Waals surface area (Å²) in [5.74, 6) is -0.108. The van der Waals surface area contributed by atoms with Crippen LogP contribution >= 0.6 is 0 Å². The molecule has 0 saturated carbocycles. The van der Waals surface area contributed by atoms with Gasteiger partial charge in [-0.25, -0.2) is 17.8 Å². The molecule has 7 heteroatoms. The van der Waals surface area contributed by atoms with E-state index in [4.69, 9.17) is 9.15 Å². The summed E-state index contributed by atoms with van der Waals surface area (Å²) < 4.78 is 49.1. The Morgan fingerprint density at radius 1 is 1.12 bits per heavy atom. The first-order valence-electron chi connectivity index (χ1n) is 8.08. The number of hydrogen-bond acceptors (Lipinski definition) is 5. The largest absolute Gasteiger partial charge is 0.494 e. The third-order valence-electron chi connectivity index (χ3n) is 3.64. The Balaban J connectivity index is 1.76. The molecule has 0 N–H and O–H groups in total. The van der Waals surface area contributed by atoms with Gasteiger partial charge < -0.3 is 9.15 Å². The molecule has 0 atom stereocenters. The highest BCUT2D eigenvalue weighted by molar-refractivity contribution is 7.89. The summed E-state index contributed by atoms with van der Waals surface area (Å²) in [6, 6.07) is 12.8. The van der Waals surface area contributed by atoms with Crippen LogP contribution in [0.5, 0.6) is 5.75 Å². The van der Waals surface area contributed by atoms with Crippen molar-refractivity contribution in [2.24, 2.45) is 0 Å². The minimum Gasteiger partial charge on any atom is -0.494 e. The van der Waals surface area contributed by atoms with Gasteiger partial charge in [-0.3, -0.25) is 0 Å². The summed E-state index contributed by atoms with van der Waals surface area (Å²) in [7, 11) is -3.48. The molecule has 0 fully saturated rings. The van der Waals surface area contributed by atoms with Gasteiger partial charge in [-0.15, -0.1) is 0 Å². The molecule has 5 nitrogen and oxygen atoms in total. The molecule has 1 heterocycles. The van der Waals surface area contributed by atoms with Crippen LogP contribution in [0.25, 0.3) is 11.5 Å². The molecule has 1 aromatic heterocycles. The number of aromatic nitrogens is 1. The van der Waals surface area contributed by atoms with Gasteiger partial charge in [0.15, 0.2) is 9.84 Å². The molecule has 136 valence electrons. The maximum atomic E-state index is 13.3. The van der Waals surface area contributed by atoms with Gasteiger partial charge in [0, 0.05) is 11.1 Å². The quantitative estimate of drug-likeness (QED) is 0.624. The second-order valence-electron chi connectivity index (χ2n) is 5.73. The molecule has 3 rings (SSSR count). The molecule has 26 heavy (non-hydrogen) atoms. The van der Waals surface area contributed by atoms with E-state index >= 15 is 0 Å². The Kier molecular flexibility index (Phi) is 5.37. The van der Waals surface area contributed by atoms with E-state index in [1.165, 1.54) is 24.5 Å². The minimum absolute atomic E-state index is 0.161. The second-order valence-corrected chi connectivity index (χ2v) is 7.79. The maximum Gasteiger partial charge on any atom is 0.226 e. The zero-order valence-electron chi connectivity index (χ0n) is 14.2. The number of para-hydroxylation sites is 1. The summed E-state index contributed by atoms with van der Waals surface area (Å²) in [6.07, 6.45) is 1.28. The van der Waals surface area contributed by atoms with Gasteiger partial charge in [0.05, 0.1) is 23.8 Å². The predicted molar refractivity (Wildman–Crippen MR) is 95.8 cm³/mol. The normalized spacial score (nSPS) is 11.5. The molecule has 0 radical (unpaired) electrons. The number of sulfone groups is 1. The van der Waals surface area contributed by atoms with Gasteiger partial charge in [0.25, 0.3) is 0 Å². The van der Waals surface area contributed by atoms with Crippen LogP contribution in [0.15, 0.2) is 59.2 Å². The van der Waals surface area contributed by atoms with Crippen molar-refractivity contribution < 1.29 is 22.0 Å². The highest BCUT2D eigenvalue weighted by atomic mass is 32.2. The van der Waals surface area contributed by atoms with Crippen molar-refractivity contribution in [3.63, 3.8) is 0 Å². The predicted octanol–water partition coefficient (Wildman–Crippen LogP) is 3.99. The topological polar surface area (TPSA) is 69.4 Å². The summed E-state index contributed by atoms with van der Waals surface area (Å²) in [4.78, 5) is 4.16. The number of hydrogen-bond donors (Lipinski definition) is 0. The van der Waals surface area contributed by atoms with Crippen LogP contribution in [0.3, 0.4) is 0 Å². The smallest absolute Gasteiger partial charge is 0.226 e. The van der Waals surface area contributed by atoms with Crippen LogP contribution in [0.1, 0.15) is 18.2 Å². The third-order valence-corrected chi connectivity index (χ3v) is 5.13. The first-order valence-corrected chi connectivity index (χ1v) is 9.90.